The third-order valence-corrected chi connectivity index (χ3v) is 3.28. The van der Waals surface area contributed by atoms with Crippen molar-refractivity contribution in [2.75, 3.05) is 0 Å². The topological polar surface area (TPSA) is 37.3 Å². The summed E-state index contributed by atoms with van der Waals surface area (Å²) in [5.74, 6) is -2.64. The summed E-state index contributed by atoms with van der Waals surface area (Å²) >= 11 is 0. The molecule has 1 fully saturated rings. The van der Waals surface area contributed by atoms with Crippen molar-refractivity contribution in [3.05, 3.63) is 34.9 Å². The number of carboxylic acids is 1. The molecule has 0 aliphatic heterocycles. The van der Waals surface area contributed by atoms with E-state index in [2.05, 4.69) is 0 Å². The number of aliphatic carboxylic acids is 1. The molecule has 0 amide bonds. The number of hydrogen-bond acceptors (Lipinski definition) is 1. The van der Waals surface area contributed by atoms with Crippen LogP contribution in [0.4, 0.5) is 8.78 Å². The fourth-order valence-corrected chi connectivity index (χ4v) is 2.26. The van der Waals surface area contributed by atoms with Crippen LogP contribution in [0.3, 0.4) is 0 Å². The Morgan fingerprint density at radius 2 is 1.81 bits per heavy atom. The second-order valence-corrected chi connectivity index (χ2v) is 4.34. The van der Waals surface area contributed by atoms with Gasteiger partial charge < -0.3 is 5.11 Å². The molecule has 0 atom stereocenters. The number of rotatable bonds is 2. The van der Waals surface area contributed by atoms with E-state index in [-0.39, 0.29) is 5.56 Å². The Hall–Kier alpha value is -1.45. The highest BCUT2D eigenvalue weighted by Gasteiger charge is 2.49. The molecule has 0 radical (unpaired) electrons. The second-order valence-electron chi connectivity index (χ2n) is 4.34. The molecular formula is C12H12F2O2. The van der Waals surface area contributed by atoms with Crippen LogP contribution >= 0.6 is 0 Å². The predicted octanol–water partition coefficient (Wildman–Crippen LogP) is 2.78. The van der Waals surface area contributed by atoms with Crippen LogP contribution in [0.15, 0.2) is 12.1 Å². The highest BCUT2D eigenvalue weighted by Crippen LogP contribution is 2.46. The average molecular weight is 226 g/mol. The second kappa shape index (κ2) is 3.54. The quantitative estimate of drug-likeness (QED) is 0.841. The van der Waals surface area contributed by atoms with Crippen LogP contribution in [-0.2, 0) is 10.2 Å². The van der Waals surface area contributed by atoms with Gasteiger partial charge in [-0.1, -0.05) is 6.42 Å². The smallest absolute Gasteiger partial charge is 0.314 e. The summed E-state index contributed by atoms with van der Waals surface area (Å²) in [6, 6.07) is 2.36. The first-order valence-corrected chi connectivity index (χ1v) is 5.17. The van der Waals surface area contributed by atoms with E-state index >= 15 is 0 Å². The minimum absolute atomic E-state index is 0.281. The molecule has 1 aromatic rings. The van der Waals surface area contributed by atoms with Crippen molar-refractivity contribution in [3.8, 4) is 0 Å². The molecule has 0 heterocycles. The van der Waals surface area contributed by atoms with E-state index in [4.69, 9.17) is 5.11 Å². The number of benzene rings is 1. The molecule has 0 spiro atoms. The van der Waals surface area contributed by atoms with Crippen LogP contribution in [0.5, 0.6) is 0 Å². The number of hydrogen-bond donors (Lipinski definition) is 1. The maximum Gasteiger partial charge on any atom is 0.314 e. The summed E-state index contributed by atoms with van der Waals surface area (Å²) in [5, 5.41) is 9.12. The maximum atomic E-state index is 13.7. The van der Waals surface area contributed by atoms with E-state index < -0.39 is 23.0 Å². The Morgan fingerprint density at radius 1 is 1.31 bits per heavy atom. The van der Waals surface area contributed by atoms with Crippen molar-refractivity contribution >= 4 is 5.97 Å². The van der Waals surface area contributed by atoms with Gasteiger partial charge in [0.2, 0.25) is 0 Å². The van der Waals surface area contributed by atoms with Crippen molar-refractivity contribution < 1.29 is 18.7 Å². The maximum absolute atomic E-state index is 13.7. The standard InChI is InChI=1S/C12H12F2O2/c1-7-5-8(13)10(9(14)6-7)12(11(15)16)3-2-4-12/h5-6H,2-4H2,1H3,(H,15,16). The fraction of sp³-hybridized carbons (Fsp3) is 0.417. The first-order valence-electron chi connectivity index (χ1n) is 5.17. The van der Waals surface area contributed by atoms with Gasteiger partial charge in [0.05, 0.1) is 5.41 Å². The van der Waals surface area contributed by atoms with Gasteiger partial charge >= 0.3 is 5.97 Å². The van der Waals surface area contributed by atoms with Gasteiger partial charge in [-0.15, -0.1) is 0 Å². The number of halogens is 2. The molecule has 86 valence electrons. The van der Waals surface area contributed by atoms with Crippen molar-refractivity contribution in [3.63, 3.8) is 0 Å². The number of aryl methyl sites for hydroxylation is 1. The number of carboxylic acid groups (broad SMARTS) is 1. The Morgan fingerprint density at radius 3 is 2.12 bits per heavy atom. The summed E-state index contributed by atoms with van der Waals surface area (Å²) in [6.45, 7) is 1.57. The van der Waals surface area contributed by atoms with Crippen molar-refractivity contribution in [2.45, 2.75) is 31.6 Å². The third-order valence-electron chi connectivity index (χ3n) is 3.28. The van der Waals surface area contributed by atoms with Crippen LogP contribution in [-0.4, -0.2) is 11.1 Å². The van der Waals surface area contributed by atoms with Gasteiger partial charge in [-0.05, 0) is 37.5 Å². The molecule has 2 nitrogen and oxygen atoms in total. The SMILES string of the molecule is Cc1cc(F)c(C2(C(=O)O)CCC2)c(F)c1. The Labute approximate surface area is 91.9 Å². The van der Waals surface area contributed by atoms with Crippen LogP contribution in [0.2, 0.25) is 0 Å². The first kappa shape index (κ1) is 11.0. The van der Waals surface area contributed by atoms with Gasteiger partial charge in [0.25, 0.3) is 0 Å². The van der Waals surface area contributed by atoms with Crippen molar-refractivity contribution in [1.29, 1.82) is 0 Å². The molecular weight excluding hydrogens is 214 g/mol. The molecule has 0 saturated heterocycles. The van der Waals surface area contributed by atoms with Gasteiger partial charge in [-0.25, -0.2) is 8.78 Å². The van der Waals surface area contributed by atoms with Crippen molar-refractivity contribution in [1.82, 2.24) is 0 Å². The number of carbonyl (C=O) groups is 1. The summed E-state index contributed by atoms with van der Waals surface area (Å²) in [5.41, 5.74) is -1.17. The zero-order valence-corrected chi connectivity index (χ0v) is 8.89. The van der Waals surface area contributed by atoms with E-state index in [1.807, 2.05) is 0 Å². The summed E-state index contributed by atoms with van der Waals surface area (Å²) in [6.07, 6.45) is 1.30. The molecule has 1 saturated carbocycles. The Bertz CT molecular complexity index is 427. The molecule has 4 heteroatoms. The average Bonchev–Trinajstić information content (AvgIpc) is 2.06. The molecule has 0 bridgehead atoms. The third kappa shape index (κ3) is 1.40. The van der Waals surface area contributed by atoms with E-state index in [9.17, 15) is 13.6 Å². The summed E-state index contributed by atoms with van der Waals surface area (Å²) in [7, 11) is 0. The minimum atomic E-state index is -1.35. The molecule has 1 aromatic carbocycles. The van der Waals surface area contributed by atoms with Crippen LogP contribution in [0, 0.1) is 18.6 Å². The highest BCUT2D eigenvalue weighted by atomic mass is 19.1. The molecule has 1 N–H and O–H groups in total. The minimum Gasteiger partial charge on any atom is -0.481 e. The lowest BCUT2D eigenvalue weighted by Crippen LogP contribution is -2.43. The largest absolute Gasteiger partial charge is 0.481 e. The zero-order chi connectivity index (χ0) is 11.9. The fourth-order valence-electron chi connectivity index (χ4n) is 2.26. The van der Waals surface area contributed by atoms with Crippen LogP contribution in [0.25, 0.3) is 0 Å². The lowest BCUT2D eigenvalue weighted by Gasteiger charge is -2.38. The lowest BCUT2D eigenvalue weighted by atomic mass is 9.64. The van der Waals surface area contributed by atoms with E-state index in [1.54, 1.807) is 6.92 Å². The molecule has 0 aromatic heterocycles. The van der Waals surface area contributed by atoms with Crippen LogP contribution in [0.1, 0.15) is 30.4 Å². The van der Waals surface area contributed by atoms with Gasteiger partial charge in [0.1, 0.15) is 11.6 Å². The molecule has 1 aliphatic carbocycles. The zero-order valence-electron chi connectivity index (χ0n) is 8.89. The van der Waals surface area contributed by atoms with Gasteiger partial charge in [-0.2, -0.15) is 0 Å². The lowest BCUT2D eigenvalue weighted by molar-refractivity contribution is -0.147. The Balaban J connectivity index is 2.59. The monoisotopic (exact) mass is 226 g/mol. The van der Waals surface area contributed by atoms with Gasteiger partial charge in [0.15, 0.2) is 0 Å². The normalized spacial score (nSPS) is 17.9. The molecule has 1 aliphatic rings. The summed E-state index contributed by atoms with van der Waals surface area (Å²) < 4.78 is 27.4. The molecule has 2 rings (SSSR count). The Kier molecular flexibility index (Phi) is 2.45. The van der Waals surface area contributed by atoms with Gasteiger partial charge in [0, 0.05) is 5.56 Å². The highest BCUT2D eigenvalue weighted by molar-refractivity contribution is 5.82. The molecule has 16 heavy (non-hydrogen) atoms. The van der Waals surface area contributed by atoms with E-state index in [1.165, 1.54) is 12.1 Å². The predicted molar refractivity (Wildman–Crippen MR) is 54.3 cm³/mol. The van der Waals surface area contributed by atoms with Crippen LogP contribution < -0.4 is 0 Å². The van der Waals surface area contributed by atoms with E-state index in [0.717, 1.165) is 0 Å². The van der Waals surface area contributed by atoms with Crippen molar-refractivity contribution in [2.24, 2.45) is 0 Å². The first-order chi connectivity index (χ1) is 7.47. The molecule has 0 unspecified atom stereocenters. The van der Waals surface area contributed by atoms with E-state index in [0.29, 0.717) is 24.8 Å². The summed E-state index contributed by atoms with van der Waals surface area (Å²) in [4.78, 5) is 11.2. The van der Waals surface area contributed by atoms with Gasteiger partial charge in [-0.3, -0.25) is 4.79 Å².